The number of carbonyl (C=O) groups excluding carboxylic acids is 1. The summed E-state index contributed by atoms with van der Waals surface area (Å²) >= 11 is 0. The second kappa shape index (κ2) is 6.67. The van der Waals surface area contributed by atoms with Gasteiger partial charge in [0.1, 0.15) is 0 Å². The van der Waals surface area contributed by atoms with E-state index in [2.05, 4.69) is 15.4 Å². The van der Waals surface area contributed by atoms with Crippen LogP contribution < -0.4 is 5.32 Å². The summed E-state index contributed by atoms with van der Waals surface area (Å²) in [5, 5.41) is 7.18. The normalized spacial score (nSPS) is 10.4. The van der Waals surface area contributed by atoms with Crippen molar-refractivity contribution in [3.05, 3.63) is 78.4 Å². The Morgan fingerprint density at radius 3 is 2.59 bits per heavy atom. The highest BCUT2D eigenvalue weighted by Gasteiger charge is 2.06. The fourth-order valence-corrected chi connectivity index (χ4v) is 2.12. The lowest BCUT2D eigenvalue weighted by Gasteiger charge is -2.04. The zero-order valence-electron chi connectivity index (χ0n) is 12.0. The van der Waals surface area contributed by atoms with Gasteiger partial charge in [0.25, 0.3) is 0 Å². The molecule has 0 aliphatic rings. The van der Waals surface area contributed by atoms with Crippen LogP contribution in [-0.2, 0) is 17.8 Å². The van der Waals surface area contributed by atoms with Crippen LogP contribution in [0.15, 0.2) is 67.3 Å². The van der Waals surface area contributed by atoms with Crippen molar-refractivity contribution in [3.8, 4) is 5.69 Å². The van der Waals surface area contributed by atoms with Crippen LogP contribution >= 0.6 is 0 Å². The van der Waals surface area contributed by atoms with Gasteiger partial charge in [-0.3, -0.25) is 9.78 Å². The summed E-state index contributed by atoms with van der Waals surface area (Å²) in [4.78, 5) is 15.9. The zero-order chi connectivity index (χ0) is 15.2. The highest BCUT2D eigenvalue weighted by Crippen LogP contribution is 2.08. The van der Waals surface area contributed by atoms with E-state index in [9.17, 15) is 4.79 Å². The van der Waals surface area contributed by atoms with Crippen LogP contribution in [0.1, 0.15) is 11.1 Å². The number of rotatable bonds is 5. The fourth-order valence-electron chi connectivity index (χ4n) is 2.12. The van der Waals surface area contributed by atoms with Crippen molar-refractivity contribution in [1.29, 1.82) is 0 Å². The van der Waals surface area contributed by atoms with Gasteiger partial charge in [-0.2, -0.15) is 5.10 Å². The topological polar surface area (TPSA) is 59.8 Å². The molecule has 0 aliphatic heterocycles. The van der Waals surface area contributed by atoms with Crippen LogP contribution in [-0.4, -0.2) is 20.7 Å². The standard InChI is InChI=1S/C17H16N4O/c22-17(19-11-14-6-8-18-9-7-14)10-15-12-20-21(13-15)16-4-2-1-3-5-16/h1-9,12-13H,10-11H2,(H,19,22). The van der Waals surface area contributed by atoms with E-state index < -0.39 is 0 Å². The molecule has 0 atom stereocenters. The van der Waals surface area contributed by atoms with Gasteiger partial charge in [-0.1, -0.05) is 18.2 Å². The van der Waals surface area contributed by atoms with Crippen molar-refractivity contribution in [2.45, 2.75) is 13.0 Å². The summed E-state index contributed by atoms with van der Waals surface area (Å²) in [5.74, 6) is -0.0237. The summed E-state index contributed by atoms with van der Waals surface area (Å²) in [6, 6.07) is 13.6. The Morgan fingerprint density at radius 1 is 1.05 bits per heavy atom. The van der Waals surface area contributed by atoms with Gasteiger partial charge in [0.15, 0.2) is 0 Å². The second-order valence-corrected chi connectivity index (χ2v) is 4.94. The van der Waals surface area contributed by atoms with Crippen LogP contribution in [0.5, 0.6) is 0 Å². The molecule has 1 aromatic carbocycles. The Kier molecular flexibility index (Phi) is 4.25. The Bertz CT molecular complexity index is 738. The van der Waals surface area contributed by atoms with Crippen molar-refractivity contribution in [3.63, 3.8) is 0 Å². The molecule has 1 N–H and O–H groups in total. The Morgan fingerprint density at radius 2 is 1.82 bits per heavy atom. The first-order chi connectivity index (χ1) is 10.8. The third-order valence-electron chi connectivity index (χ3n) is 3.26. The van der Waals surface area contributed by atoms with Gasteiger partial charge in [0, 0.05) is 25.1 Å². The number of hydrogen-bond acceptors (Lipinski definition) is 3. The van der Waals surface area contributed by atoms with Gasteiger partial charge in [-0.15, -0.1) is 0 Å². The maximum Gasteiger partial charge on any atom is 0.224 e. The summed E-state index contributed by atoms with van der Waals surface area (Å²) in [6.07, 6.45) is 7.34. The molecule has 3 aromatic rings. The monoisotopic (exact) mass is 292 g/mol. The largest absolute Gasteiger partial charge is 0.352 e. The minimum atomic E-state index is -0.0237. The first-order valence-corrected chi connectivity index (χ1v) is 7.06. The Balaban J connectivity index is 1.57. The number of aromatic nitrogens is 3. The molecule has 0 unspecified atom stereocenters. The first-order valence-electron chi connectivity index (χ1n) is 7.06. The highest BCUT2D eigenvalue weighted by molar-refractivity contribution is 5.78. The van der Waals surface area contributed by atoms with E-state index in [4.69, 9.17) is 0 Å². The lowest BCUT2D eigenvalue weighted by atomic mass is 10.2. The Labute approximate surface area is 128 Å². The molecule has 110 valence electrons. The van der Waals surface area contributed by atoms with E-state index in [1.54, 1.807) is 23.3 Å². The smallest absolute Gasteiger partial charge is 0.224 e. The molecule has 1 amide bonds. The summed E-state index contributed by atoms with van der Waals surface area (Å²) in [5.41, 5.74) is 2.89. The van der Waals surface area contributed by atoms with E-state index in [0.29, 0.717) is 13.0 Å². The average molecular weight is 292 g/mol. The molecule has 5 nitrogen and oxygen atoms in total. The van der Waals surface area contributed by atoms with Crippen molar-refractivity contribution in [2.24, 2.45) is 0 Å². The van der Waals surface area contributed by atoms with Gasteiger partial charge in [0.2, 0.25) is 5.91 Å². The molecule has 0 saturated heterocycles. The first kappa shape index (κ1) is 14.0. The van der Waals surface area contributed by atoms with Gasteiger partial charge in [0.05, 0.1) is 18.3 Å². The molecule has 0 bridgehead atoms. The van der Waals surface area contributed by atoms with E-state index in [-0.39, 0.29) is 5.91 Å². The Hall–Kier alpha value is -2.95. The number of nitrogens with zero attached hydrogens (tertiary/aromatic N) is 3. The molecule has 0 aliphatic carbocycles. The quantitative estimate of drug-likeness (QED) is 0.783. The predicted molar refractivity (Wildman–Crippen MR) is 83.4 cm³/mol. The molecular formula is C17H16N4O. The zero-order valence-corrected chi connectivity index (χ0v) is 12.0. The van der Waals surface area contributed by atoms with Crippen molar-refractivity contribution in [1.82, 2.24) is 20.1 Å². The van der Waals surface area contributed by atoms with E-state index in [1.807, 2.05) is 48.7 Å². The maximum atomic E-state index is 12.0. The number of para-hydroxylation sites is 1. The van der Waals surface area contributed by atoms with Gasteiger partial charge >= 0.3 is 0 Å². The number of benzene rings is 1. The predicted octanol–water partition coefficient (Wildman–Crippen LogP) is 2.13. The third-order valence-corrected chi connectivity index (χ3v) is 3.26. The van der Waals surface area contributed by atoms with E-state index in [1.165, 1.54) is 0 Å². The van der Waals surface area contributed by atoms with Crippen LogP contribution in [0, 0.1) is 0 Å². The molecule has 0 saturated carbocycles. The summed E-state index contributed by atoms with van der Waals surface area (Å²) in [7, 11) is 0. The van der Waals surface area contributed by atoms with Crippen molar-refractivity contribution >= 4 is 5.91 Å². The minimum Gasteiger partial charge on any atom is -0.352 e. The third kappa shape index (κ3) is 3.58. The van der Waals surface area contributed by atoms with Crippen molar-refractivity contribution in [2.75, 3.05) is 0 Å². The SMILES string of the molecule is O=C(Cc1cnn(-c2ccccc2)c1)NCc1ccncc1. The number of amides is 1. The van der Waals surface area contributed by atoms with Gasteiger partial charge < -0.3 is 5.32 Å². The van der Waals surface area contributed by atoms with Crippen molar-refractivity contribution < 1.29 is 4.79 Å². The lowest BCUT2D eigenvalue weighted by molar-refractivity contribution is -0.120. The van der Waals surface area contributed by atoms with Crippen LogP contribution in [0.25, 0.3) is 5.69 Å². The molecule has 5 heteroatoms. The molecular weight excluding hydrogens is 276 g/mol. The average Bonchev–Trinajstić information content (AvgIpc) is 3.03. The van der Waals surface area contributed by atoms with Gasteiger partial charge in [-0.25, -0.2) is 4.68 Å². The fraction of sp³-hybridized carbons (Fsp3) is 0.118. The second-order valence-electron chi connectivity index (χ2n) is 4.94. The van der Waals surface area contributed by atoms with E-state index >= 15 is 0 Å². The van der Waals surface area contributed by atoms with E-state index in [0.717, 1.165) is 16.8 Å². The molecule has 2 aromatic heterocycles. The summed E-state index contributed by atoms with van der Waals surface area (Å²) in [6.45, 7) is 0.508. The molecule has 0 radical (unpaired) electrons. The molecule has 2 heterocycles. The maximum absolute atomic E-state index is 12.0. The molecule has 0 spiro atoms. The van der Waals surface area contributed by atoms with Gasteiger partial charge in [-0.05, 0) is 35.4 Å². The molecule has 22 heavy (non-hydrogen) atoms. The number of nitrogens with one attached hydrogen (secondary N) is 1. The molecule has 0 fully saturated rings. The molecule has 3 rings (SSSR count). The van der Waals surface area contributed by atoms with Crippen LogP contribution in [0.3, 0.4) is 0 Å². The number of hydrogen-bond donors (Lipinski definition) is 1. The lowest BCUT2D eigenvalue weighted by Crippen LogP contribution is -2.24. The summed E-state index contributed by atoms with van der Waals surface area (Å²) < 4.78 is 1.77. The minimum absolute atomic E-state index is 0.0237. The van der Waals surface area contributed by atoms with Crippen LogP contribution in [0.2, 0.25) is 0 Å². The number of carbonyl (C=O) groups is 1. The highest BCUT2D eigenvalue weighted by atomic mass is 16.1. The number of pyridine rings is 1. The van der Waals surface area contributed by atoms with Crippen LogP contribution in [0.4, 0.5) is 0 Å².